The monoisotopic (exact) mass is 279 g/mol. The number of nitro benzene ring substituents is 1. The molecule has 0 N–H and O–H groups in total. The molecule has 18 heavy (non-hydrogen) atoms. The van der Waals surface area contributed by atoms with Gasteiger partial charge in [-0.15, -0.1) is 0 Å². The zero-order chi connectivity index (χ0) is 12.7. The van der Waals surface area contributed by atoms with Crippen LogP contribution in [0.2, 0.25) is 0 Å². The van der Waals surface area contributed by atoms with Gasteiger partial charge >= 0.3 is 0 Å². The molecule has 0 radical (unpaired) electrons. The van der Waals surface area contributed by atoms with E-state index in [2.05, 4.69) is 6.08 Å². The molecule has 1 fully saturated rings. The maximum absolute atomic E-state index is 11.0. The van der Waals surface area contributed by atoms with E-state index in [1.54, 1.807) is 12.1 Å². The zero-order valence-corrected chi connectivity index (χ0v) is 10.6. The van der Waals surface area contributed by atoms with Crippen LogP contribution < -0.4 is 0 Å². The molecule has 90 valence electrons. The van der Waals surface area contributed by atoms with Gasteiger partial charge in [0.2, 0.25) is 0 Å². The Labute approximate surface area is 113 Å². The Balaban J connectivity index is 1.98. The molecule has 1 aromatic carbocycles. The van der Waals surface area contributed by atoms with Crippen LogP contribution in [0, 0.1) is 16.0 Å². The van der Waals surface area contributed by atoms with Gasteiger partial charge < -0.3 is 0 Å². The molecule has 0 aromatic heterocycles. The molecule has 0 saturated heterocycles. The molecule has 1 spiro atoms. The predicted octanol–water partition coefficient (Wildman–Crippen LogP) is 3.82. The highest BCUT2D eigenvalue weighted by Crippen LogP contribution is 2.79. The van der Waals surface area contributed by atoms with Crippen LogP contribution in [0.25, 0.3) is 0 Å². The molecule has 0 heterocycles. The molecule has 3 atom stereocenters. The lowest BCUT2D eigenvalue weighted by Gasteiger charge is -2.36. The third-order valence-electron chi connectivity index (χ3n) is 4.39. The Morgan fingerprint density at radius 3 is 2.61 bits per heavy atom. The van der Waals surface area contributed by atoms with Crippen LogP contribution in [0.15, 0.2) is 40.4 Å². The zero-order valence-electron chi connectivity index (χ0n) is 9.06. The molecule has 5 heteroatoms. The van der Waals surface area contributed by atoms with Gasteiger partial charge in [0, 0.05) is 28.9 Å². The van der Waals surface area contributed by atoms with Gasteiger partial charge in [-0.05, 0) is 11.1 Å². The van der Waals surface area contributed by atoms with Crippen LogP contribution in [0.5, 0.6) is 0 Å². The topological polar surface area (TPSA) is 43.1 Å². The fraction of sp³-hybridized carbons (Fsp3) is 0.231. The minimum Gasteiger partial charge on any atom is -0.258 e. The Bertz CT molecular complexity index is 676. The molecule has 0 amide bonds. The standard InChI is InChI=1S/C13H7Cl2NO2/c14-12(15)11-8-5-4-7-10-6(13(7,8)11)2-1-3-9(10)16(17)18/h1-5,7-8H. The second kappa shape index (κ2) is 2.98. The Morgan fingerprint density at radius 1 is 1.28 bits per heavy atom. The van der Waals surface area contributed by atoms with Gasteiger partial charge in [-0.25, -0.2) is 0 Å². The highest BCUT2D eigenvalue weighted by Gasteiger charge is 2.74. The number of nitrogens with zero attached hydrogens (tertiary/aromatic N) is 1. The number of allylic oxidation sites excluding steroid dienone is 3. The summed E-state index contributed by atoms with van der Waals surface area (Å²) in [7, 11) is 0. The van der Waals surface area contributed by atoms with Crippen LogP contribution in [0.4, 0.5) is 5.69 Å². The van der Waals surface area contributed by atoms with E-state index in [0.717, 1.165) is 16.7 Å². The number of nitro groups is 1. The number of benzene rings is 1. The van der Waals surface area contributed by atoms with Gasteiger partial charge in [0.25, 0.3) is 5.69 Å². The minimum atomic E-state index is -0.319. The molecule has 1 saturated carbocycles. The lowest BCUT2D eigenvalue weighted by Crippen LogP contribution is -2.31. The van der Waals surface area contributed by atoms with Gasteiger partial charge in [0.1, 0.15) is 4.49 Å². The fourth-order valence-electron chi connectivity index (χ4n) is 3.75. The summed E-state index contributed by atoms with van der Waals surface area (Å²) in [6.07, 6.45) is 4.11. The van der Waals surface area contributed by atoms with Crippen molar-refractivity contribution in [3.05, 3.63) is 61.7 Å². The van der Waals surface area contributed by atoms with E-state index in [4.69, 9.17) is 23.2 Å². The molecular weight excluding hydrogens is 273 g/mol. The first-order chi connectivity index (χ1) is 8.60. The molecule has 0 bridgehead atoms. The van der Waals surface area contributed by atoms with Gasteiger partial charge in [0.15, 0.2) is 0 Å². The largest absolute Gasteiger partial charge is 0.273 e. The van der Waals surface area contributed by atoms with Gasteiger partial charge in [0.05, 0.1) is 4.92 Å². The van der Waals surface area contributed by atoms with Crippen molar-refractivity contribution in [1.29, 1.82) is 0 Å². The summed E-state index contributed by atoms with van der Waals surface area (Å²) < 4.78 is 0.312. The first-order valence-electron chi connectivity index (χ1n) is 5.62. The van der Waals surface area contributed by atoms with Crippen molar-refractivity contribution in [3.8, 4) is 0 Å². The second-order valence-electron chi connectivity index (χ2n) is 4.88. The summed E-state index contributed by atoms with van der Waals surface area (Å²) in [5.74, 6) is 0.309. The minimum absolute atomic E-state index is 0.0709. The molecule has 1 aromatic rings. The Morgan fingerprint density at radius 2 is 2.00 bits per heavy atom. The number of halogens is 2. The summed E-state index contributed by atoms with van der Waals surface area (Å²) >= 11 is 11.8. The number of hydrogen-bond acceptors (Lipinski definition) is 2. The SMILES string of the molecule is O=[N+]([O-])c1cccc2c1C1C=CC3C(=C(Cl)Cl)C231. The first-order valence-corrected chi connectivity index (χ1v) is 6.37. The van der Waals surface area contributed by atoms with Gasteiger partial charge in [-0.1, -0.05) is 47.5 Å². The van der Waals surface area contributed by atoms with Crippen LogP contribution >= 0.6 is 23.2 Å². The van der Waals surface area contributed by atoms with Gasteiger partial charge in [-0.3, -0.25) is 10.1 Å². The van der Waals surface area contributed by atoms with Crippen molar-refractivity contribution >= 4 is 28.9 Å². The van der Waals surface area contributed by atoms with Crippen molar-refractivity contribution in [3.63, 3.8) is 0 Å². The van der Waals surface area contributed by atoms with Crippen molar-refractivity contribution in [2.45, 2.75) is 11.3 Å². The maximum atomic E-state index is 11.0. The van der Waals surface area contributed by atoms with Crippen molar-refractivity contribution in [1.82, 2.24) is 0 Å². The predicted molar refractivity (Wildman–Crippen MR) is 68.9 cm³/mol. The number of hydrogen-bond donors (Lipinski definition) is 0. The van der Waals surface area contributed by atoms with Crippen LogP contribution in [0.1, 0.15) is 17.0 Å². The van der Waals surface area contributed by atoms with Crippen molar-refractivity contribution in [2.75, 3.05) is 0 Å². The highest BCUT2D eigenvalue weighted by molar-refractivity contribution is 6.56. The summed E-state index contributed by atoms with van der Waals surface area (Å²) in [6.45, 7) is 0. The number of rotatable bonds is 1. The fourth-order valence-corrected chi connectivity index (χ4v) is 4.30. The van der Waals surface area contributed by atoms with E-state index >= 15 is 0 Å². The quantitative estimate of drug-likeness (QED) is 0.446. The van der Waals surface area contributed by atoms with Crippen LogP contribution in [-0.4, -0.2) is 4.92 Å². The van der Waals surface area contributed by atoms with E-state index < -0.39 is 0 Å². The van der Waals surface area contributed by atoms with Crippen LogP contribution in [0.3, 0.4) is 0 Å². The second-order valence-corrected chi connectivity index (χ2v) is 5.83. The first kappa shape index (κ1) is 10.6. The lowest BCUT2D eigenvalue weighted by atomic mass is 9.64. The Kier molecular flexibility index (Phi) is 1.75. The lowest BCUT2D eigenvalue weighted by molar-refractivity contribution is -0.386. The number of fused-ring (bicyclic) bond motifs is 2. The van der Waals surface area contributed by atoms with E-state index in [1.807, 2.05) is 12.1 Å². The molecule has 3 aliphatic carbocycles. The van der Waals surface area contributed by atoms with Crippen molar-refractivity contribution < 1.29 is 4.92 Å². The molecule has 4 rings (SSSR count). The summed E-state index contributed by atoms with van der Waals surface area (Å²) in [6, 6.07) is 5.23. The van der Waals surface area contributed by atoms with Gasteiger partial charge in [-0.2, -0.15) is 0 Å². The molecule has 0 aliphatic heterocycles. The van der Waals surface area contributed by atoms with Crippen molar-refractivity contribution in [2.24, 2.45) is 5.92 Å². The smallest absolute Gasteiger partial charge is 0.258 e. The normalized spacial score (nSPS) is 33.3. The molecular formula is C13H7Cl2NO2. The third-order valence-corrected chi connectivity index (χ3v) is 4.80. The average Bonchev–Trinajstić information content (AvgIpc) is 2.92. The highest BCUT2D eigenvalue weighted by atomic mass is 35.5. The summed E-state index contributed by atoms with van der Waals surface area (Å²) in [5, 5.41) is 11.0. The molecule has 3 aliphatic rings. The molecule has 3 unspecified atom stereocenters. The van der Waals surface area contributed by atoms with Crippen LogP contribution in [-0.2, 0) is 5.41 Å². The third kappa shape index (κ3) is 0.886. The maximum Gasteiger partial charge on any atom is 0.273 e. The van der Waals surface area contributed by atoms with E-state index in [9.17, 15) is 10.1 Å². The Hall–Kier alpha value is -1.32. The summed E-state index contributed by atoms with van der Waals surface area (Å²) in [4.78, 5) is 10.7. The van der Waals surface area contributed by atoms with E-state index in [-0.39, 0.29) is 27.9 Å². The van der Waals surface area contributed by atoms with E-state index in [0.29, 0.717) is 4.49 Å². The average molecular weight is 280 g/mol. The summed E-state index contributed by atoms with van der Waals surface area (Å²) in [5.41, 5.74) is 2.91. The molecule has 3 nitrogen and oxygen atoms in total. The van der Waals surface area contributed by atoms with E-state index in [1.165, 1.54) is 0 Å².